The normalized spacial score (nSPS) is 10.4. The molecule has 74 valence electrons. The maximum Gasteiger partial charge on any atom is 0.372 e. The largest absolute Gasteiger partial charge is 0.392 e. The van der Waals surface area contributed by atoms with Crippen molar-refractivity contribution in [3.05, 3.63) is 41.5 Å². The zero-order valence-corrected chi connectivity index (χ0v) is 7.31. The topological polar surface area (TPSA) is 46.5 Å². The summed E-state index contributed by atoms with van der Waals surface area (Å²) in [6.45, 7) is -0.0312. The lowest BCUT2D eigenvalue weighted by atomic mass is 10.1. The number of benzene rings is 1. The summed E-state index contributed by atoms with van der Waals surface area (Å²) in [6, 6.07) is 6.82. The smallest absolute Gasteiger partial charge is 0.372 e. The van der Waals surface area contributed by atoms with E-state index in [0.29, 0.717) is 0 Å². The summed E-state index contributed by atoms with van der Waals surface area (Å²) in [6.07, 6.45) is 2.40. The Hall–Kier alpha value is -1.68. The molecule has 0 radical (unpaired) electrons. The van der Waals surface area contributed by atoms with Gasteiger partial charge in [0.2, 0.25) is 0 Å². The molecule has 0 amide bonds. The first-order chi connectivity index (χ1) is 6.76. The SMILES string of the molecule is O=C(/C=C/c1ccc(CO)cc1)OF. The summed E-state index contributed by atoms with van der Waals surface area (Å²) in [5, 5.41) is 8.74. The lowest BCUT2D eigenvalue weighted by molar-refractivity contribution is -0.176. The van der Waals surface area contributed by atoms with E-state index >= 15 is 0 Å². The highest BCUT2D eigenvalue weighted by atomic mass is 19.3. The third kappa shape index (κ3) is 2.99. The molecule has 0 aliphatic rings. The van der Waals surface area contributed by atoms with Crippen LogP contribution in [0, 0.1) is 0 Å². The number of carbonyl (C=O) groups is 1. The number of hydrogen-bond donors (Lipinski definition) is 1. The average molecular weight is 196 g/mol. The number of halogens is 1. The van der Waals surface area contributed by atoms with E-state index in [1.54, 1.807) is 24.3 Å². The van der Waals surface area contributed by atoms with Crippen LogP contribution in [0.25, 0.3) is 6.08 Å². The van der Waals surface area contributed by atoms with Gasteiger partial charge in [0.05, 0.1) is 6.61 Å². The van der Waals surface area contributed by atoms with Crippen LogP contribution in [0.5, 0.6) is 0 Å². The number of aliphatic hydroxyl groups is 1. The van der Waals surface area contributed by atoms with Crippen molar-refractivity contribution < 1.29 is 19.4 Å². The molecule has 0 atom stereocenters. The van der Waals surface area contributed by atoms with E-state index < -0.39 is 5.97 Å². The zero-order valence-electron chi connectivity index (χ0n) is 7.31. The number of carbonyl (C=O) groups excluding carboxylic acids is 1. The molecular formula is C10H9FO3. The van der Waals surface area contributed by atoms with Crippen LogP contribution < -0.4 is 0 Å². The summed E-state index contributed by atoms with van der Waals surface area (Å²) in [4.78, 5) is 13.3. The molecule has 0 aliphatic heterocycles. The molecule has 14 heavy (non-hydrogen) atoms. The molecule has 0 fully saturated rings. The molecule has 1 aromatic rings. The van der Waals surface area contributed by atoms with Gasteiger partial charge in [-0.15, -0.1) is 0 Å². The van der Waals surface area contributed by atoms with E-state index in [0.717, 1.165) is 17.2 Å². The van der Waals surface area contributed by atoms with Crippen molar-refractivity contribution in [2.24, 2.45) is 0 Å². The van der Waals surface area contributed by atoms with Crippen LogP contribution in [0.1, 0.15) is 11.1 Å². The van der Waals surface area contributed by atoms with Crippen molar-refractivity contribution >= 4 is 12.0 Å². The Morgan fingerprint density at radius 1 is 1.43 bits per heavy atom. The Labute approximate surface area is 80.3 Å². The third-order valence-electron chi connectivity index (χ3n) is 1.65. The van der Waals surface area contributed by atoms with Gasteiger partial charge in [-0.1, -0.05) is 24.3 Å². The highest BCUT2D eigenvalue weighted by Crippen LogP contribution is 2.06. The van der Waals surface area contributed by atoms with E-state index in [1.165, 1.54) is 6.08 Å². The Morgan fingerprint density at radius 3 is 2.57 bits per heavy atom. The monoisotopic (exact) mass is 196 g/mol. The molecule has 0 bridgehead atoms. The molecule has 0 spiro atoms. The van der Waals surface area contributed by atoms with Gasteiger partial charge in [0.15, 0.2) is 0 Å². The van der Waals surface area contributed by atoms with Gasteiger partial charge in [-0.3, -0.25) is 4.94 Å². The first-order valence-electron chi connectivity index (χ1n) is 3.96. The van der Waals surface area contributed by atoms with Gasteiger partial charge in [0.1, 0.15) is 0 Å². The van der Waals surface area contributed by atoms with Gasteiger partial charge in [-0.25, -0.2) is 4.79 Å². The Morgan fingerprint density at radius 2 is 2.07 bits per heavy atom. The summed E-state index contributed by atoms with van der Waals surface area (Å²) in [5.74, 6) is -1.05. The van der Waals surface area contributed by atoms with Gasteiger partial charge < -0.3 is 5.11 Å². The van der Waals surface area contributed by atoms with E-state index in [4.69, 9.17) is 5.11 Å². The van der Waals surface area contributed by atoms with Crippen molar-refractivity contribution in [2.45, 2.75) is 6.61 Å². The van der Waals surface area contributed by atoms with Crippen LogP contribution in [0.15, 0.2) is 30.3 Å². The summed E-state index contributed by atoms with van der Waals surface area (Å²) >= 11 is 0. The van der Waals surface area contributed by atoms with Crippen molar-refractivity contribution in [2.75, 3.05) is 0 Å². The van der Waals surface area contributed by atoms with Gasteiger partial charge >= 0.3 is 5.97 Å². The Kier molecular flexibility index (Phi) is 3.82. The Balaban J connectivity index is 2.68. The lowest BCUT2D eigenvalue weighted by Gasteiger charge is -1.95. The van der Waals surface area contributed by atoms with E-state index in [2.05, 4.69) is 4.94 Å². The van der Waals surface area contributed by atoms with E-state index in [9.17, 15) is 9.32 Å². The fourth-order valence-corrected chi connectivity index (χ4v) is 0.924. The third-order valence-corrected chi connectivity index (χ3v) is 1.65. The molecule has 1 rings (SSSR count). The van der Waals surface area contributed by atoms with Crippen LogP contribution in [0.2, 0.25) is 0 Å². The average Bonchev–Trinajstić information content (AvgIpc) is 2.26. The molecule has 3 nitrogen and oxygen atoms in total. The molecule has 0 saturated heterocycles. The molecule has 4 heteroatoms. The second kappa shape index (κ2) is 5.14. The van der Waals surface area contributed by atoms with E-state index in [1.807, 2.05) is 0 Å². The first kappa shape index (κ1) is 10.4. The molecule has 0 aromatic heterocycles. The summed E-state index contributed by atoms with van der Waals surface area (Å²) in [5.41, 5.74) is 1.50. The minimum atomic E-state index is -1.05. The summed E-state index contributed by atoms with van der Waals surface area (Å²) in [7, 11) is 0. The van der Waals surface area contributed by atoms with Crippen molar-refractivity contribution in [3.8, 4) is 0 Å². The van der Waals surface area contributed by atoms with Gasteiger partial charge in [0, 0.05) is 10.6 Å². The molecule has 0 heterocycles. The van der Waals surface area contributed by atoms with Crippen LogP contribution >= 0.6 is 0 Å². The van der Waals surface area contributed by atoms with Gasteiger partial charge in [0.25, 0.3) is 0 Å². The number of hydrogen-bond acceptors (Lipinski definition) is 3. The van der Waals surface area contributed by atoms with Crippen molar-refractivity contribution in [3.63, 3.8) is 0 Å². The lowest BCUT2D eigenvalue weighted by Crippen LogP contribution is -1.89. The van der Waals surface area contributed by atoms with Crippen LogP contribution in [0.3, 0.4) is 0 Å². The minimum Gasteiger partial charge on any atom is -0.392 e. The fraction of sp³-hybridized carbons (Fsp3) is 0.100. The molecular weight excluding hydrogens is 187 g/mol. The molecule has 0 unspecified atom stereocenters. The summed E-state index contributed by atoms with van der Waals surface area (Å²) < 4.78 is 11.3. The number of aliphatic hydroxyl groups excluding tert-OH is 1. The van der Waals surface area contributed by atoms with Crippen LogP contribution in [-0.4, -0.2) is 11.1 Å². The van der Waals surface area contributed by atoms with Gasteiger partial charge in [-0.2, -0.15) is 0 Å². The minimum absolute atomic E-state index is 0.0312. The predicted molar refractivity (Wildman–Crippen MR) is 48.6 cm³/mol. The highest BCUT2D eigenvalue weighted by molar-refractivity contribution is 5.86. The molecule has 1 N–H and O–H groups in total. The van der Waals surface area contributed by atoms with Crippen molar-refractivity contribution in [1.82, 2.24) is 0 Å². The standard InChI is InChI=1S/C10H9FO3/c11-14-10(13)6-5-8-1-3-9(7-12)4-2-8/h1-6,12H,7H2/b6-5+. The van der Waals surface area contributed by atoms with Crippen LogP contribution in [-0.2, 0) is 16.3 Å². The quantitative estimate of drug-likeness (QED) is 0.747. The number of rotatable bonds is 3. The van der Waals surface area contributed by atoms with Gasteiger partial charge in [-0.05, 0) is 17.2 Å². The second-order valence-electron chi connectivity index (χ2n) is 2.63. The zero-order chi connectivity index (χ0) is 10.4. The first-order valence-corrected chi connectivity index (χ1v) is 3.96. The van der Waals surface area contributed by atoms with Crippen LogP contribution in [0.4, 0.5) is 4.53 Å². The molecule has 1 aromatic carbocycles. The van der Waals surface area contributed by atoms with E-state index in [-0.39, 0.29) is 6.61 Å². The maximum absolute atomic E-state index is 11.3. The maximum atomic E-state index is 11.3. The second-order valence-corrected chi connectivity index (χ2v) is 2.63. The highest BCUT2D eigenvalue weighted by Gasteiger charge is 1.95. The Bertz CT molecular complexity index is 330. The predicted octanol–water partition coefficient (Wildman–Crippen LogP) is 1.62. The molecule has 0 aliphatic carbocycles. The molecule has 0 saturated carbocycles. The van der Waals surface area contributed by atoms with Crippen molar-refractivity contribution in [1.29, 1.82) is 0 Å². The fourth-order valence-electron chi connectivity index (χ4n) is 0.924.